The Hall–Kier alpha value is -2.52. The van der Waals surface area contributed by atoms with Crippen LogP contribution in [0, 0.1) is 19.8 Å². The fraction of sp³-hybridized carbons (Fsp3) is 0.524. The van der Waals surface area contributed by atoms with Gasteiger partial charge in [-0.3, -0.25) is 4.79 Å². The van der Waals surface area contributed by atoms with Crippen LogP contribution in [0.25, 0.3) is 5.69 Å². The van der Waals surface area contributed by atoms with Crippen molar-refractivity contribution in [3.8, 4) is 5.69 Å². The number of rotatable bonds is 4. The average Bonchev–Trinajstić information content (AvgIpc) is 2.95. The number of amides is 1. The molecule has 0 saturated heterocycles. The molecule has 1 aromatic carbocycles. The molecule has 2 unspecified atom stereocenters. The molecule has 1 heterocycles. The summed E-state index contributed by atoms with van der Waals surface area (Å²) >= 11 is 0. The van der Waals surface area contributed by atoms with Crippen LogP contribution in [0.15, 0.2) is 24.3 Å². The van der Waals surface area contributed by atoms with Gasteiger partial charge in [-0.15, -0.1) is 0 Å². The lowest BCUT2D eigenvalue weighted by atomic mass is 9.85. The third kappa shape index (κ3) is 5.40. The lowest BCUT2D eigenvalue weighted by molar-refractivity contribution is -0.184. The van der Waals surface area contributed by atoms with Gasteiger partial charge in [0, 0.05) is 17.3 Å². The maximum absolute atomic E-state index is 13.0. The van der Waals surface area contributed by atoms with E-state index < -0.39 is 35.8 Å². The van der Waals surface area contributed by atoms with Gasteiger partial charge in [-0.25, -0.2) is 4.68 Å². The minimum atomic E-state index is -4.50. The molecular formula is C21H23F6N3O. The molecule has 4 nitrogen and oxygen atoms in total. The molecule has 1 saturated carbocycles. The zero-order valence-electron chi connectivity index (χ0n) is 17.1. The van der Waals surface area contributed by atoms with Gasteiger partial charge in [0.15, 0.2) is 0 Å². The molecule has 31 heavy (non-hydrogen) atoms. The SMILES string of the molecule is Cc1nn(-c2cccc(C(F)(F)F)c2)c(C)c1CC(=O)NC1CCCC(C(F)(F)F)C1. The first-order valence-corrected chi connectivity index (χ1v) is 9.95. The fourth-order valence-corrected chi connectivity index (χ4v) is 4.05. The number of hydrogen-bond donors (Lipinski definition) is 1. The summed E-state index contributed by atoms with van der Waals surface area (Å²) in [5, 5.41) is 6.95. The predicted octanol–water partition coefficient (Wildman–Crippen LogP) is 5.29. The second kappa shape index (κ2) is 8.55. The van der Waals surface area contributed by atoms with E-state index in [0.29, 0.717) is 29.8 Å². The number of halogens is 6. The van der Waals surface area contributed by atoms with Crippen molar-refractivity contribution in [3.05, 3.63) is 46.8 Å². The third-order valence-corrected chi connectivity index (χ3v) is 5.70. The number of nitrogens with one attached hydrogen (secondary N) is 1. The van der Waals surface area contributed by atoms with E-state index in [0.717, 1.165) is 12.1 Å². The first-order chi connectivity index (χ1) is 14.4. The van der Waals surface area contributed by atoms with Crippen molar-refractivity contribution in [2.45, 2.75) is 64.3 Å². The van der Waals surface area contributed by atoms with Crippen molar-refractivity contribution in [3.63, 3.8) is 0 Å². The van der Waals surface area contributed by atoms with Crippen LogP contribution >= 0.6 is 0 Å². The Morgan fingerprint density at radius 1 is 1.16 bits per heavy atom. The Labute approximate surface area is 175 Å². The van der Waals surface area contributed by atoms with Gasteiger partial charge in [0.05, 0.1) is 29.3 Å². The summed E-state index contributed by atoms with van der Waals surface area (Å²) in [5.41, 5.74) is 0.916. The number of hydrogen-bond acceptors (Lipinski definition) is 2. The Morgan fingerprint density at radius 2 is 1.87 bits per heavy atom. The highest BCUT2D eigenvalue weighted by Gasteiger charge is 2.42. The van der Waals surface area contributed by atoms with Crippen LogP contribution in [0.1, 0.15) is 48.2 Å². The topological polar surface area (TPSA) is 46.9 Å². The van der Waals surface area contributed by atoms with Crippen molar-refractivity contribution in [1.82, 2.24) is 15.1 Å². The fourth-order valence-electron chi connectivity index (χ4n) is 4.05. The Bertz CT molecular complexity index is 948. The minimum absolute atomic E-state index is 0.0673. The maximum atomic E-state index is 13.0. The molecule has 1 N–H and O–H groups in total. The van der Waals surface area contributed by atoms with Crippen molar-refractivity contribution in [2.24, 2.45) is 5.92 Å². The van der Waals surface area contributed by atoms with E-state index >= 15 is 0 Å². The Kier molecular flexibility index (Phi) is 6.38. The van der Waals surface area contributed by atoms with E-state index in [9.17, 15) is 31.1 Å². The molecule has 0 bridgehead atoms. The van der Waals surface area contributed by atoms with Crippen molar-refractivity contribution in [2.75, 3.05) is 0 Å². The largest absolute Gasteiger partial charge is 0.416 e. The molecule has 3 rings (SSSR count). The number of aromatic nitrogens is 2. The van der Waals surface area contributed by atoms with Crippen LogP contribution in [0.2, 0.25) is 0 Å². The number of carbonyl (C=O) groups excluding carboxylic acids is 1. The molecule has 1 aromatic heterocycles. The summed E-state index contributed by atoms with van der Waals surface area (Å²) in [5.74, 6) is -1.85. The zero-order chi connectivity index (χ0) is 23.0. The molecular weight excluding hydrogens is 424 g/mol. The highest BCUT2D eigenvalue weighted by Crippen LogP contribution is 2.37. The van der Waals surface area contributed by atoms with Crippen molar-refractivity contribution < 1.29 is 31.1 Å². The summed E-state index contributed by atoms with van der Waals surface area (Å²) in [6, 6.07) is 4.15. The smallest absolute Gasteiger partial charge is 0.353 e. The van der Waals surface area contributed by atoms with Gasteiger partial charge >= 0.3 is 12.4 Å². The summed E-state index contributed by atoms with van der Waals surface area (Å²) in [6.07, 6.45) is -8.08. The molecule has 0 spiro atoms. The second-order valence-corrected chi connectivity index (χ2v) is 7.96. The highest BCUT2D eigenvalue weighted by atomic mass is 19.4. The quantitative estimate of drug-likeness (QED) is 0.648. The van der Waals surface area contributed by atoms with E-state index in [2.05, 4.69) is 10.4 Å². The summed E-state index contributed by atoms with van der Waals surface area (Å²) in [6.45, 7) is 3.28. The van der Waals surface area contributed by atoms with Gasteiger partial charge in [-0.2, -0.15) is 31.4 Å². The maximum Gasteiger partial charge on any atom is 0.416 e. The van der Waals surface area contributed by atoms with Crippen LogP contribution in [0.5, 0.6) is 0 Å². The standard InChI is InChI=1S/C21H23F6N3O/c1-12-18(11-19(31)28-16-7-3-5-14(9-16)20(22,23)24)13(2)30(29-12)17-8-4-6-15(10-17)21(25,26)27/h4,6,8,10,14,16H,3,5,7,9,11H2,1-2H3,(H,28,31). The molecule has 10 heteroatoms. The van der Waals surface area contributed by atoms with E-state index in [1.807, 2.05) is 0 Å². The Morgan fingerprint density at radius 3 is 2.52 bits per heavy atom. The summed E-state index contributed by atoms with van der Waals surface area (Å²) in [4.78, 5) is 12.5. The monoisotopic (exact) mass is 447 g/mol. The van der Waals surface area contributed by atoms with Crippen molar-refractivity contribution in [1.29, 1.82) is 0 Å². The molecule has 1 aliphatic rings. The minimum Gasteiger partial charge on any atom is -0.353 e. The number of carbonyl (C=O) groups is 1. The summed E-state index contributed by atoms with van der Waals surface area (Å²) < 4.78 is 79.3. The van der Waals surface area contributed by atoms with Crippen LogP contribution in [-0.2, 0) is 17.4 Å². The first kappa shape index (κ1) is 23.1. The van der Waals surface area contributed by atoms with E-state index in [1.54, 1.807) is 13.8 Å². The number of aryl methyl sites for hydroxylation is 1. The molecule has 0 aliphatic heterocycles. The van der Waals surface area contributed by atoms with Gasteiger partial charge in [0.25, 0.3) is 0 Å². The molecule has 1 fully saturated rings. The van der Waals surface area contributed by atoms with Crippen LogP contribution in [0.4, 0.5) is 26.3 Å². The zero-order valence-corrected chi connectivity index (χ0v) is 17.1. The predicted molar refractivity (Wildman–Crippen MR) is 102 cm³/mol. The molecule has 2 atom stereocenters. The van der Waals surface area contributed by atoms with Gasteiger partial charge in [-0.1, -0.05) is 12.5 Å². The normalized spacial score (nSPS) is 20.0. The molecule has 1 aliphatic carbocycles. The van der Waals surface area contributed by atoms with E-state index in [4.69, 9.17) is 0 Å². The van der Waals surface area contributed by atoms with Gasteiger partial charge in [-0.05, 0) is 51.3 Å². The van der Waals surface area contributed by atoms with Gasteiger partial charge < -0.3 is 5.32 Å². The number of benzene rings is 1. The average molecular weight is 447 g/mol. The molecule has 170 valence electrons. The van der Waals surface area contributed by atoms with E-state index in [-0.39, 0.29) is 24.9 Å². The van der Waals surface area contributed by atoms with Gasteiger partial charge in [0.2, 0.25) is 5.91 Å². The third-order valence-electron chi connectivity index (χ3n) is 5.70. The van der Waals surface area contributed by atoms with Gasteiger partial charge in [0.1, 0.15) is 0 Å². The van der Waals surface area contributed by atoms with E-state index in [1.165, 1.54) is 16.8 Å². The highest BCUT2D eigenvalue weighted by molar-refractivity contribution is 5.79. The molecule has 1 amide bonds. The van der Waals surface area contributed by atoms with Crippen LogP contribution in [0.3, 0.4) is 0 Å². The second-order valence-electron chi connectivity index (χ2n) is 7.96. The summed E-state index contributed by atoms with van der Waals surface area (Å²) in [7, 11) is 0. The first-order valence-electron chi connectivity index (χ1n) is 9.95. The van der Waals surface area contributed by atoms with Crippen LogP contribution in [-0.4, -0.2) is 27.9 Å². The molecule has 0 radical (unpaired) electrons. The van der Waals surface area contributed by atoms with Crippen LogP contribution < -0.4 is 5.32 Å². The van der Waals surface area contributed by atoms with Crippen molar-refractivity contribution >= 4 is 5.91 Å². The number of alkyl halides is 6. The molecule has 2 aromatic rings. The Balaban J connectivity index is 1.74. The lowest BCUT2D eigenvalue weighted by Gasteiger charge is -2.31. The number of nitrogens with zero attached hydrogens (tertiary/aromatic N) is 2. The lowest BCUT2D eigenvalue weighted by Crippen LogP contribution is -2.42.